The van der Waals surface area contributed by atoms with Crippen molar-refractivity contribution in [2.75, 3.05) is 24.5 Å². The van der Waals surface area contributed by atoms with Crippen LogP contribution >= 0.6 is 11.6 Å². The number of piperazine rings is 1. The maximum atomic E-state index is 6.29. The van der Waals surface area contributed by atoms with E-state index in [2.05, 4.69) is 27.3 Å². The van der Waals surface area contributed by atoms with Gasteiger partial charge < -0.3 is 10.2 Å². The predicted octanol–water partition coefficient (Wildman–Crippen LogP) is 3.08. The number of anilines is 1. The summed E-state index contributed by atoms with van der Waals surface area (Å²) < 4.78 is 0. The molecule has 1 atom stereocenters. The molecule has 2 aromatic rings. The van der Waals surface area contributed by atoms with Crippen molar-refractivity contribution >= 4 is 28.2 Å². The SMILES string of the molecule is Clc1ccc(N2CCNC(C3CC3)C2)c2ncccc12. The van der Waals surface area contributed by atoms with Crippen molar-refractivity contribution in [1.82, 2.24) is 10.3 Å². The lowest BCUT2D eigenvalue weighted by atomic mass is 10.1. The van der Waals surface area contributed by atoms with E-state index in [0.29, 0.717) is 6.04 Å². The van der Waals surface area contributed by atoms with Gasteiger partial charge in [-0.25, -0.2) is 0 Å². The number of fused-ring (bicyclic) bond motifs is 1. The Morgan fingerprint density at radius 2 is 2.15 bits per heavy atom. The number of halogens is 1. The maximum Gasteiger partial charge on any atom is 0.0950 e. The fourth-order valence-electron chi connectivity index (χ4n) is 3.19. The topological polar surface area (TPSA) is 28.2 Å². The Labute approximate surface area is 123 Å². The van der Waals surface area contributed by atoms with Gasteiger partial charge in [0.15, 0.2) is 0 Å². The first-order chi connectivity index (χ1) is 9.83. The number of nitrogens with zero attached hydrogens (tertiary/aromatic N) is 2. The summed E-state index contributed by atoms with van der Waals surface area (Å²) in [4.78, 5) is 7.02. The van der Waals surface area contributed by atoms with Crippen LogP contribution in [0.5, 0.6) is 0 Å². The van der Waals surface area contributed by atoms with E-state index in [0.717, 1.165) is 41.5 Å². The standard InChI is InChI=1S/C16H18ClN3/c17-13-5-6-15(16-12(13)2-1-7-19-16)20-9-8-18-14(10-20)11-3-4-11/h1-2,5-7,11,14,18H,3-4,8-10H2. The zero-order valence-corrected chi connectivity index (χ0v) is 12.1. The Bertz CT molecular complexity index is 639. The molecule has 1 saturated carbocycles. The zero-order chi connectivity index (χ0) is 13.5. The van der Waals surface area contributed by atoms with Crippen molar-refractivity contribution in [2.45, 2.75) is 18.9 Å². The lowest BCUT2D eigenvalue weighted by Crippen LogP contribution is -2.51. The van der Waals surface area contributed by atoms with Crippen LogP contribution < -0.4 is 10.2 Å². The predicted molar refractivity (Wildman–Crippen MR) is 83.5 cm³/mol. The van der Waals surface area contributed by atoms with Crippen LogP contribution in [0.15, 0.2) is 30.5 Å². The summed E-state index contributed by atoms with van der Waals surface area (Å²) in [5.41, 5.74) is 2.24. The summed E-state index contributed by atoms with van der Waals surface area (Å²) in [6, 6.07) is 8.75. The number of hydrogen-bond donors (Lipinski definition) is 1. The van der Waals surface area contributed by atoms with Gasteiger partial charge in [0.1, 0.15) is 0 Å². The largest absolute Gasteiger partial charge is 0.367 e. The van der Waals surface area contributed by atoms with Crippen molar-refractivity contribution < 1.29 is 0 Å². The molecule has 1 aliphatic heterocycles. The minimum absolute atomic E-state index is 0.637. The first kappa shape index (κ1) is 12.4. The summed E-state index contributed by atoms with van der Waals surface area (Å²) in [6.07, 6.45) is 4.61. The lowest BCUT2D eigenvalue weighted by molar-refractivity contribution is 0.419. The van der Waals surface area contributed by atoms with Crippen LogP contribution in [0.3, 0.4) is 0 Å². The van der Waals surface area contributed by atoms with Crippen LogP contribution in [0, 0.1) is 5.92 Å². The van der Waals surface area contributed by atoms with Crippen LogP contribution in [0.25, 0.3) is 10.9 Å². The summed E-state index contributed by atoms with van der Waals surface area (Å²) >= 11 is 6.29. The highest BCUT2D eigenvalue weighted by atomic mass is 35.5. The molecule has 4 rings (SSSR count). The molecule has 1 aromatic carbocycles. The Kier molecular flexibility index (Phi) is 3.04. The van der Waals surface area contributed by atoms with Crippen molar-refractivity contribution in [1.29, 1.82) is 0 Å². The molecule has 0 bridgehead atoms. The van der Waals surface area contributed by atoms with Gasteiger partial charge in [-0.3, -0.25) is 4.98 Å². The van der Waals surface area contributed by atoms with E-state index >= 15 is 0 Å². The normalized spacial score (nSPS) is 23.2. The summed E-state index contributed by atoms with van der Waals surface area (Å²) in [5, 5.41) is 5.48. The fourth-order valence-corrected chi connectivity index (χ4v) is 3.40. The lowest BCUT2D eigenvalue weighted by Gasteiger charge is -2.36. The van der Waals surface area contributed by atoms with E-state index in [9.17, 15) is 0 Å². The van der Waals surface area contributed by atoms with Crippen LogP contribution in [-0.4, -0.2) is 30.7 Å². The molecule has 0 radical (unpaired) electrons. The minimum Gasteiger partial charge on any atom is -0.367 e. The summed E-state index contributed by atoms with van der Waals surface area (Å²) in [7, 11) is 0. The number of benzene rings is 1. The van der Waals surface area contributed by atoms with Crippen molar-refractivity contribution in [3.8, 4) is 0 Å². The quantitative estimate of drug-likeness (QED) is 0.920. The van der Waals surface area contributed by atoms with Crippen LogP contribution in [0.2, 0.25) is 5.02 Å². The molecule has 20 heavy (non-hydrogen) atoms. The van der Waals surface area contributed by atoms with E-state index < -0.39 is 0 Å². The average Bonchev–Trinajstić information content (AvgIpc) is 3.33. The van der Waals surface area contributed by atoms with Gasteiger partial charge in [-0.1, -0.05) is 11.6 Å². The van der Waals surface area contributed by atoms with E-state index in [-0.39, 0.29) is 0 Å². The molecular formula is C16H18ClN3. The Morgan fingerprint density at radius 3 is 3.00 bits per heavy atom. The van der Waals surface area contributed by atoms with Gasteiger partial charge in [-0.2, -0.15) is 0 Å². The van der Waals surface area contributed by atoms with Crippen molar-refractivity contribution in [2.24, 2.45) is 5.92 Å². The molecule has 2 heterocycles. The highest BCUT2D eigenvalue weighted by Crippen LogP contribution is 2.36. The van der Waals surface area contributed by atoms with Gasteiger partial charge in [0.2, 0.25) is 0 Å². The summed E-state index contributed by atoms with van der Waals surface area (Å²) in [5.74, 6) is 0.879. The molecule has 1 unspecified atom stereocenters. The zero-order valence-electron chi connectivity index (χ0n) is 11.3. The van der Waals surface area contributed by atoms with Crippen molar-refractivity contribution in [3.05, 3.63) is 35.5 Å². The first-order valence-electron chi connectivity index (χ1n) is 7.34. The van der Waals surface area contributed by atoms with E-state index in [1.807, 2.05) is 18.3 Å². The molecule has 1 aliphatic carbocycles. The first-order valence-corrected chi connectivity index (χ1v) is 7.72. The third-order valence-corrected chi connectivity index (χ3v) is 4.76. The molecule has 0 amide bonds. The number of hydrogen-bond acceptors (Lipinski definition) is 3. The summed E-state index contributed by atoms with van der Waals surface area (Å²) in [6.45, 7) is 3.17. The third kappa shape index (κ3) is 2.15. The van der Waals surface area contributed by atoms with Gasteiger partial charge in [0, 0.05) is 37.3 Å². The monoisotopic (exact) mass is 287 g/mol. The molecule has 2 aliphatic rings. The number of aromatic nitrogens is 1. The van der Waals surface area contributed by atoms with Gasteiger partial charge >= 0.3 is 0 Å². The van der Waals surface area contributed by atoms with Gasteiger partial charge in [0.05, 0.1) is 16.2 Å². The molecule has 4 heteroatoms. The maximum absolute atomic E-state index is 6.29. The van der Waals surface area contributed by atoms with Gasteiger partial charge in [0.25, 0.3) is 0 Å². The Hall–Kier alpha value is -1.32. The smallest absolute Gasteiger partial charge is 0.0950 e. The molecule has 104 valence electrons. The molecule has 3 nitrogen and oxygen atoms in total. The number of rotatable bonds is 2. The number of pyridine rings is 1. The molecule has 2 fully saturated rings. The third-order valence-electron chi connectivity index (χ3n) is 4.43. The Morgan fingerprint density at radius 1 is 1.25 bits per heavy atom. The molecule has 1 saturated heterocycles. The van der Waals surface area contributed by atoms with Crippen molar-refractivity contribution in [3.63, 3.8) is 0 Å². The van der Waals surface area contributed by atoms with Gasteiger partial charge in [-0.15, -0.1) is 0 Å². The highest BCUT2D eigenvalue weighted by Gasteiger charge is 2.34. The van der Waals surface area contributed by atoms with E-state index in [4.69, 9.17) is 11.6 Å². The second kappa shape index (κ2) is 4.90. The van der Waals surface area contributed by atoms with E-state index in [1.54, 1.807) is 0 Å². The molecule has 1 aromatic heterocycles. The Balaban J connectivity index is 1.72. The average molecular weight is 288 g/mol. The van der Waals surface area contributed by atoms with E-state index in [1.165, 1.54) is 18.5 Å². The molecule has 1 N–H and O–H groups in total. The van der Waals surface area contributed by atoms with Gasteiger partial charge in [-0.05, 0) is 43.0 Å². The fraction of sp³-hybridized carbons (Fsp3) is 0.438. The minimum atomic E-state index is 0.637. The van der Waals surface area contributed by atoms with Crippen LogP contribution in [0.1, 0.15) is 12.8 Å². The second-order valence-electron chi connectivity index (χ2n) is 5.81. The van der Waals surface area contributed by atoms with Crippen LogP contribution in [0.4, 0.5) is 5.69 Å². The highest BCUT2D eigenvalue weighted by molar-refractivity contribution is 6.35. The number of nitrogens with one attached hydrogen (secondary N) is 1. The molecule has 0 spiro atoms. The molecular weight excluding hydrogens is 270 g/mol. The van der Waals surface area contributed by atoms with Crippen LogP contribution in [-0.2, 0) is 0 Å². The second-order valence-corrected chi connectivity index (χ2v) is 6.22.